The number of nitrogens with two attached hydrogens (primary N) is 1. The lowest BCUT2D eigenvalue weighted by Gasteiger charge is -2.42. The summed E-state index contributed by atoms with van der Waals surface area (Å²) >= 11 is 6.14. The number of halogens is 2. The summed E-state index contributed by atoms with van der Waals surface area (Å²) in [7, 11) is 0. The van der Waals surface area contributed by atoms with Gasteiger partial charge in [-0.2, -0.15) is 5.26 Å². The maximum atomic E-state index is 14.4. The molecule has 1 saturated heterocycles. The average Bonchev–Trinajstić information content (AvgIpc) is 3.12. The Labute approximate surface area is 207 Å². The molecule has 0 amide bonds. The first-order chi connectivity index (χ1) is 16.8. The summed E-state index contributed by atoms with van der Waals surface area (Å²) in [6, 6.07) is 12.0. The third-order valence-electron chi connectivity index (χ3n) is 7.43. The van der Waals surface area contributed by atoms with Crippen LogP contribution >= 0.6 is 11.6 Å². The number of fused-ring (bicyclic) bond motifs is 1. The minimum absolute atomic E-state index is 0.0381. The van der Waals surface area contributed by atoms with Crippen LogP contribution in [0.2, 0.25) is 5.02 Å². The molecular weight excluding hydrogens is 465 g/mol. The highest BCUT2D eigenvalue weighted by molar-refractivity contribution is 6.32. The van der Waals surface area contributed by atoms with Crippen LogP contribution in [0, 0.1) is 41.8 Å². The highest BCUT2D eigenvalue weighted by Gasteiger charge is 2.46. The number of aromatic nitrogens is 2. The molecule has 1 aliphatic carbocycles. The van der Waals surface area contributed by atoms with Gasteiger partial charge in [-0.05, 0) is 67.0 Å². The van der Waals surface area contributed by atoms with Crippen LogP contribution in [-0.4, -0.2) is 22.6 Å². The van der Waals surface area contributed by atoms with Gasteiger partial charge >= 0.3 is 0 Å². The van der Waals surface area contributed by atoms with E-state index in [4.69, 9.17) is 29.0 Å². The first-order valence-electron chi connectivity index (χ1n) is 11.4. The molecule has 176 valence electrons. The predicted molar refractivity (Wildman–Crippen MR) is 133 cm³/mol. The molecule has 2 heterocycles. The van der Waals surface area contributed by atoms with E-state index in [9.17, 15) is 9.18 Å². The van der Waals surface area contributed by atoms with Gasteiger partial charge in [-0.3, -0.25) is 9.36 Å². The Morgan fingerprint density at radius 1 is 1.26 bits per heavy atom. The second-order valence-corrected chi connectivity index (χ2v) is 9.65. The zero-order valence-electron chi connectivity index (χ0n) is 19.2. The zero-order chi connectivity index (χ0) is 24.9. The SMILES string of the molecule is C#Cc1ccc2c(c1)[C@@H](N)C1(CCN(c3cc(=O)n(-c4ccc(C#N)c(F)c4Cl)c(C)n3)CC1)C2. The second-order valence-electron chi connectivity index (χ2n) is 9.27. The number of aryl methyl sites for hydroxylation is 1. The molecule has 2 aromatic carbocycles. The van der Waals surface area contributed by atoms with Crippen molar-refractivity contribution in [2.75, 3.05) is 18.0 Å². The summed E-state index contributed by atoms with van der Waals surface area (Å²) in [5, 5.41) is 8.73. The number of terminal acetylenes is 1. The first kappa shape index (κ1) is 23.1. The molecule has 1 atom stereocenters. The second kappa shape index (κ2) is 8.53. The molecule has 1 spiro atoms. The lowest BCUT2D eigenvalue weighted by atomic mass is 9.73. The predicted octanol–water partition coefficient (Wildman–Crippen LogP) is 4.03. The fourth-order valence-corrected chi connectivity index (χ4v) is 5.71. The molecule has 0 radical (unpaired) electrons. The van der Waals surface area contributed by atoms with Gasteiger partial charge in [-0.25, -0.2) is 9.37 Å². The fourth-order valence-electron chi connectivity index (χ4n) is 5.46. The average molecular weight is 488 g/mol. The van der Waals surface area contributed by atoms with Crippen LogP contribution in [0.25, 0.3) is 5.69 Å². The molecule has 1 fully saturated rings. The summed E-state index contributed by atoms with van der Waals surface area (Å²) < 4.78 is 15.6. The van der Waals surface area contributed by atoms with Crippen LogP contribution in [0.5, 0.6) is 0 Å². The number of benzene rings is 2. The third kappa shape index (κ3) is 3.69. The van der Waals surface area contributed by atoms with Crippen LogP contribution in [0.1, 0.15) is 47.0 Å². The fraction of sp³-hybridized carbons (Fsp3) is 0.296. The number of nitrogens with zero attached hydrogens (tertiary/aromatic N) is 4. The van der Waals surface area contributed by atoms with Crippen molar-refractivity contribution in [3.05, 3.63) is 85.7 Å². The Balaban J connectivity index is 1.39. The van der Waals surface area contributed by atoms with Crippen LogP contribution < -0.4 is 16.2 Å². The van der Waals surface area contributed by atoms with Gasteiger partial charge < -0.3 is 10.6 Å². The van der Waals surface area contributed by atoms with Crippen LogP contribution in [0.4, 0.5) is 10.2 Å². The largest absolute Gasteiger partial charge is 0.356 e. The van der Waals surface area contributed by atoms with Gasteiger partial charge in [0.05, 0.1) is 11.3 Å². The maximum Gasteiger partial charge on any atom is 0.260 e. The zero-order valence-corrected chi connectivity index (χ0v) is 19.9. The van der Waals surface area contributed by atoms with Crippen molar-refractivity contribution in [2.24, 2.45) is 11.1 Å². The van der Waals surface area contributed by atoms with Crippen molar-refractivity contribution in [2.45, 2.75) is 32.2 Å². The normalized spacial score (nSPS) is 18.2. The standard InChI is InChI=1S/C27H23ClFN5O/c1-3-17-4-5-18-14-27(26(31)20(18)12-17)8-10-33(11-9-27)22-13-23(35)34(16(2)32-22)21-7-6-19(15-30)25(29)24(21)28/h1,4-7,12-13,26H,8-11,14,31H2,2H3/t26-/m1/s1. The van der Waals surface area contributed by atoms with Crippen molar-refractivity contribution >= 4 is 17.4 Å². The van der Waals surface area contributed by atoms with E-state index < -0.39 is 5.82 Å². The molecule has 1 aliphatic heterocycles. The minimum Gasteiger partial charge on any atom is -0.356 e. The van der Waals surface area contributed by atoms with Crippen LogP contribution in [0.3, 0.4) is 0 Å². The Kier molecular flexibility index (Phi) is 5.63. The van der Waals surface area contributed by atoms with Gasteiger partial charge in [-0.15, -0.1) is 6.42 Å². The van der Waals surface area contributed by atoms with E-state index in [1.165, 1.54) is 28.3 Å². The number of piperidine rings is 1. The topological polar surface area (TPSA) is 87.9 Å². The van der Waals surface area contributed by atoms with E-state index in [1.54, 1.807) is 13.0 Å². The Bertz CT molecular complexity index is 1490. The maximum absolute atomic E-state index is 14.4. The first-order valence-corrected chi connectivity index (χ1v) is 11.7. The van der Waals surface area contributed by atoms with Gasteiger partial charge in [0.25, 0.3) is 5.56 Å². The molecule has 0 bridgehead atoms. The molecule has 3 aromatic rings. The van der Waals surface area contributed by atoms with Gasteiger partial charge in [0, 0.05) is 30.8 Å². The Morgan fingerprint density at radius 2 is 2.00 bits per heavy atom. The van der Waals surface area contributed by atoms with Crippen molar-refractivity contribution in [3.8, 4) is 24.1 Å². The molecule has 2 aliphatic rings. The molecule has 5 rings (SSSR count). The summed E-state index contributed by atoms with van der Waals surface area (Å²) in [5.74, 6) is 2.79. The lowest BCUT2D eigenvalue weighted by Crippen LogP contribution is -2.45. The number of anilines is 1. The Hall–Kier alpha value is -3.65. The summed E-state index contributed by atoms with van der Waals surface area (Å²) in [6.07, 6.45) is 8.22. The van der Waals surface area contributed by atoms with E-state index in [0.717, 1.165) is 30.4 Å². The molecule has 6 nitrogen and oxygen atoms in total. The quantitative estimate of drug-likeness (QED) is 0.551. The molecule has 35 heavy (non-hydrogen) atoms. The highest BCUT2D eigenvalue weighted by atomic mass is 35.5. The molecular formula is C27H23ClFN5O. The third-order valence-corrected chi connectivity index (χ3v) is 7.79. The van der Waals surface area contributed by atoms with E-state index >= 15 is 0 Å². The van der Waals surface area contributed by atoms with Crippen molar-refractivity contribution in [3.63, 3.8) is 0 Å². The lowest BCUT2D eigenvalue weighted by molar-refractivity contribution is 0.187. The van der Waals surface area contributed by atoms with Gasteiger partial charge in [0.1, 0.15) is 22.7 Å². The van der Waals surface area contributed by atoms with Crippen LogP contribution in [-0.2, 0) is 6.42 Å². The van der Waals surface area contributed by atoms with E-state index in [2.05, 4.69) is 21.9 Å². The van der Waals surface area contributed by atoms with Gasteiger partial charge in [0.15, 0.2) is 5.82 Å². The number of hydrogen-bond acceptors (Lipinski definition) is 5. The van der Waals surface area contributed by atoms with Crippen molar-refractivity contribution < 1.29 is 4.39 Å². The monoisotopic (exact) mass is 487 g/mol. The number of rotatable bonds is 2. The molecule has 0 unspecified atom stereocenters. The highest BCUT2D eigenvalue weighted by Crippen LogP contribution is 2.51. The summed E-state index contributed by atoms with van der Waals surface area (Å²) in [6.45, 7) is 3.10. The molecule has 2 N–H and O–H groups in total. The minimum atomic E-state index is -0.855. The van der Waals surface area contributed by atoms with E-state index in [-0.39, 0.29) is 33.3 Å². The Morgan fingerprint density at radius 3 is 2.66 bits per heavy atom. The number of hydrogen-bond donors (Lipinski definition) is 1. The smallest absolute Gasteiger partial charge is 0.260 e. The molecule has 0 saturated carbocycles. The van der Waals surface area contributed by atoms with Crippen LogP contribution in [0.15, 0.2) is 41.2 Å². The van der Waals surface area contributed by atoms with Crippen molar-refractivity contribution in [1.82, 2.24) is 9.55 Å². The van der Waals surface area contributed by atoms with Gasteiger partial charge in [-0.1, -0.05) is 23.6 Å². The van der Waals surface area contributed by atoms with E-state index in [1.807, 2.05) is 12.1 Å². The summed E-state index contributed by atoms with van der Waals surface area (Å²) in [5.41, 5.74) is 9.53. The van der Waals surface area contributed by atoms with E-state index in [0.29, 0.717) is 24.7 Å². The van der Waals surface area contributed by atoms with Crippen molar-refractivity contribution in [1.29, 1.82) is 5.26 Å². The number of nitriles is 1. The summed E-state index contributed by atoms with van der Waals surface area (Å²) in [4.78, 5) is 19.8. The molecule has 1 aromatic heterocycles. The molecule has 8 heteroatoms. The van der Waals surface area contributed by atoms with Gasteiger partial charge in [0.2, 0.25) is 0 Å².